The van der Waals surface area contributed by atoms with E-state index in [2.05, 4.69) is 21.6 Å². The number of nitrogen functional groups attached to an aromatic ring is 1. The number of hydrogen-bond donors (Lipinski definition) is 2. The summed E-state index contributed by atoms with van der Waals surface area (Å²) in [5.41, 5.74) is -0.322. The molecule has 0 aliphatic heterocycles. The van der Waals surface area contributed by atoms with Crippen molar-refractivity contribution in [3.8, 4) is 17.5 Å². The maximum atomic E-state index is 13.0. The third kappa shape index (κ3) is 4.28. The average Bonchev–Trinajstić information content (AvgIpc) is 2.94. The van der Waals surface area contributed by atoms with Gasteiger partial charge in [0, 0.05) is 5.56 Å². The minimum Gasteiger partial charge on any atom is -0.337 e. The number of rotatable bonds is 6. The fraction of sp³-hybridized carbons (Fsp3) is 0.375. The van der Waals surface area contributed by atoms with Gasteiger partial charge in [0.1, 0.15) is 11.4 Å². The molecule has 1 atom stereocenters. The van der Waals surface area contributed by atoms with Crippen LogP contribution in [0.1, 0.15) is 20.8 Å². The molecular formula is C16H19FN6OS. The van der Waals surface area contributed by atoms with E-state index < -0.39 is 5.54 Å². The number of aromatic nitrogens is 3. The predicted octanol–water partition coefficient (Wildman–Crippen LogP) is 1.94. The molecule has 2 rings (SSSR count). The molecule has 1 amide bonds. The lowest BCUT2D eigenvalue weighted by atomic mass is 9.90. The summed E-state index contributed by atoms with van der Waals surface area (Å²) in [6.45, 7) is 5.41. The summed E-state index contributed by atoms with van der Waals surface area (Å²) in [5, 5.41) is 20.2. The molecule has 1 aromatic heterocycles. The van der Waals surface area contributed by atoms with E-state index in [9.17, 15) is 14.4 Å². The zero-order chi connectivity index (χ0) is 18.6. The van der Waals surface area contributed by atoms with Crippen LogP contribution in [-0.4, -0.2) is 32.1 Å². The van der Waals surface area contributed by atoms with Gasteiger partial charge in [-0.2, -0.15) is 5.26 Å². The van der Waals surface area contributed by atoms with Crippen LogP contribution in [0.3, 0.4) is 0 Å². The van der Waals surface area contributed by atoms with Crippen LogP contribution >= 0.6 is 11.8 Å². The van der Waals surface area contributed by atoms with E-state index in [-0.39, 0.29) is 23.4 Å². The Hall–Kier alpha value is -2.60. The summed E-state index contributed by atoms with van der Waals surface area (Å²) in [7, 11) is 0. The number of nitrogens with zero attached hydrogens (tertiary/aromatic N) is 4. The van der Waals surface area contributed by atoms with Crippen LogP contribution < -0.4 is 11.2 Å². The van der Waals surface area contributed by atoms with Crippen LogP contribution in [-0.2, 0) is 4.79 Å². The summed E-state index contributed by atoms with van der Waals surface area (Å²) in [6.07, 6.45) is 0. The Labute approximate surface area is 149 Å². The molecule has 0 spiro atoms. The van der Waals surface area contributed by atoms with Gasteiger partial charge in [-0.3, -0.25) is 4.79 Å². The maximum Gasteiger partial charge on any atom is 0.231 e. The van der Waals surface area contributed by atoms with Crippen molar-refractivity contribution < 1.29 is 9.18 Å². The topological polar surface area (TPSA) is 110 Å². The van der Waals surface area contributed by atoms with Crippen molar-refractivity contribution in [3.63, 3.8) is 0 Å². The molecule has 0 saturated heterocycles. The van der Waals surface area contributed by atoms with Gasteiger partial charge in [-0.15, -0.1) is 10.2 Å². The van der Waals surface area contributed by atoms with E-state index >= 15 is 0 Å². The number of halogens is 1. The smallest absolute Gasteiger partial charge is 0.231 e. The number of nitriles is 1. The maximum absolute atomic E-state index is 13.0. The standard InChI is InChI=1S/C16H19FN6OS/c1-10(2)16(3,9-18)20-13(24)8-25-15-22-21-14(23(15)19)11-4-6-12(17)7-5-11/h4-7,10H,8,19H2,1-3H3,(H,20,24)/t16-/m1/s1. The first kappa shape index (κ1) is 18.7. The number of carbonyl (C=O) groups excluding carboxylic acids is 1. The molecule has 0 unspecified atom stereocenters. The van der Waals surface area contributed by atoms with Gasteiger partial charge in [-0.1, -0.05) is 25.6 Å². The minimum atomic E-state index is -0.937. The van der Waals surface area contributed by atoms with Crippen molar-refractivity contribution in [2.45, 2.75) is 31.5 Å². The first-order chi connectivity index (χ1) is 11.8. The highest BCUT2D eigenvalue weighted by molar-refractivity contribution is 7.99. The van der Waals surface area contributed by atoms with Crippen LogP contribution in [0.25, 0.3) is 11.4 Å². The minimum absolute atomic E-state index is 0.0327. The summed E-state index contributed by atoms with van der Waals surface area (Å²) in [4.78, 5) is 12.1. The zero-order valence-corrected chi connectivity index (χ0v) is 15.0. The number of benzene rings is 1. The Balaban J connectivity index is 2.04. The van der Waals surface area contributed by atoms with E-state index in [1.54, 1.807) is 19.1 Å². The number of nitrogens with two attached hydrogens (primary N) is 1. The lowest BCUT2D eigenvalue weighted by Gasteiger charge is -2.27. The lowest BCUT2D eigenvalue weighted by molar-refractivity contribution is -0.120. The van der Waals surface area contributed by atoms with Gasteiger partial charge in [0.15, 0.2) is 5.82 Å². The SMILES string of the molecule is CC(C)[C@@](C)(C#N)NC(=O)CSc1nnc(-c2ccc(F)cc2)n1N. The molecule has 0 saturated carbocycles. The second kappa shape index (κ2) is 7.53. The normalized spacial score (nSPS) is 13.3. The highest BCUT2D eigenvalue weighted by Gasteiger charge is 2.30. The van der Waals surface area contributed by atoms with Crippen LogP contribution in [0.5, 0.6) is 0 Å². The number of thioether (sulfide) groups is 1. The third-order valence-electron chi connectivity index (χ3n) is 3.89. The van der Waals surface area contributed by atoms with Crippen molar-refractivity contribution in [2.24, 2.45) is 5.92 Å². The molecule has 0 aliphatic rings. The van der Waals surface area contributed by atoms with Gasteiger partial charge >= 0.3 is 0 Å². The van der Waals surface area contributed by atoms with Crippen molar-refractivity contribution in [1.82, 2.24) is 20.2 Å². The van der Waals surface area contributed by atoms with Gasteiger partial charge in [0.25, 0.3) is 0 Å². The quantitative estimate of drug-likeness (QED) is 0.600. The average molecular weight is 362 g/mol. The first-order valence-corrected chi connectivity index (χ1v) is 8.57. The van der Waals surface area contributed by atoms with E-state index in [1.807, 2.05) is 13.8 Å². The van der Waals surface area contributed by atoms with Crippen molar-refractivity contribution in [1.29, 1.82) is 5.26 Å². The fourth-order valence-corrected chi connectivity index (χ4v) is 2.58. The second-order valence-electron chi connectivity index (χ2n) is 5.99. The van der Waals surface area contributed by atoms with Crippen LogP contribution in [0.2, 0.25) is 0 Å². The van der Waals surface area contributed by atoms with Gasteiger partial charge in [0.2, 0.25) is 11.1 Å². The van der Waals surface area contributed by atoms with Gasteiger partial charge in [-0.05, 0) is 37.1 Å². The zero-order valence-electron chi connectivity index (χ0n) is 14.2. The predicted molar refractivity (Wildman–Crippen MR) is 93.3 cm³/mol. The van der Waals surface area contributed by atoms with Gasteiger partial charge in [-0.25, -0.2) is 9.07 Å². The van der Waals surface area contributed by atoms with Gasteiger partial charge < -0.3 is 11.2 Å². The Morgan fingerprint density at radius 3 is 2.64 bits per heavy atom. The molecule has 0 aliphatic carbocycles. The number of carbonyl (C=O) groups is 1. The van der Waals surface area contributed by atoms with Gasteiger partial charge in [0.05, 0.1) is 11.8 Å². The molecule has 7 nitrogen and oxygen atoms in total. The van der Waals surface area contributed by atoms with E-state index in [0.29, 0.717) is 16.5 Å². The largest absolute Gasteiger partial charge is 0.337 e. The third-order valence-corrected chi connectivity index (χ3v) is 4.83. The highest BCUT2D eigenvalue weighted by atomic mass is 32.2. The van der Waals surface area contributed by atoms with E-state index in [4.69, 9.17) is 5.84 Å². The molecule has 3 N–H and O–H groups in total. The molecule has 1 heterocycles. The van der Waals surface area contributed by atoms with Crippen molar-refractivity contribution >= 4 is 17.7 Å². The van der Waals surface area contributed by atoms with Crippen LogP contribution in [0.15, 0.2) is 29.4 Å². The summed E-state index contributed by atoms with van der Waals surface area (Å²) < 4.78 is 14.2. The summed E-state index contributed by atoms with van der Waals surface area (Å²) >= 11 is 1.11. The molecule has 0 fully saturated rings. The fourth-order valence-electron chi connectivity index (χ4n) is 1.93. The molecule has 1 aromatic carbocycles. The molecule has 132 valence electrons. The van der Waals surface area contributed by atoms with E-state index in [0.717, 1.165) is 11.8 Å². The van der Waals surface area contributed by atoms with Crippen molar-refractivity contribution in [3.05, 3.63) is 30.1 Å². The Bertz CT molecular complexity index is 798. The highest BCUT2D eigenvalue weighted by Crippen LogP contribution is 2.22. The summed E-state index contributed by atoms with van der Waals surface area (Å²) in [6, 6.07) is 7.82. The molecule has 0 radical (unpaired) electrons. The number of nitrogens with one attached hydrogen (secondary N) is 1. The Morgan fingerprint density at radius 1 is 1.44 bits per heavy atom. The van der Waals surface area contributed by atoms with Crippen LogP contribution in [0.4, 0.5) is 4.39 Å². The molecule has 9 heteroatoms. The Kier molecular flexibility index (Phi) is 5.64. The van der Waals surface area contributed by atoms with Crippen LogP contribution in [0, 0.1) is 23.1 Å². The number of hydrogen-bond acceptors (Lipinski definition) is 6. The number of amides is 1. The van der Waals surface area contributed by atoms with E-state index in [1.165, 1.54) is 16.8 Å². The Morgan fingerprint density at radius 2 is 2.08 bits per heavy atom. The molecule has 0 bridgehead atoms. The lowest BCUT2D eigenvalue weighted by Crippen LogP contribution is -2.49. The monoisotopic (exact) mass is 362 g/mol. The molecular weight excluding hydrogens is 343 g/mol. The molecule has 2 aromatic rings. The summed E-state index contributed by atoms with van der Waals surface area (Å²) in [5.74, 6) is 5.68. The first-order valence-electron chi connectivity index (χ1n) is 7.58. The van der Waals surface area contributed by atoms with Crippen molar-refractivity contribution in [2.75, 3.05) is 11.6 Å². The second-order valence-corrected chi connectivity index (χ2v) is 6.93. The molecule has 25 heavy (non-hydrogen) atoms.